The zero-order chi connectivity index (χ0) is 30.9. The fourth-order valence-electron chi connectivity index (χ4n) is 6.47. The third-order valence-corrected chi connectivity index (χ3v) is 9.00. The number of aryl methyl sites for hydroxylation is 2. The lowest BCUT2D eigenvalue weighted by molar-refractivity contribution is 0.865. The van der Waals surface area contributed by atoms with Gasteiger partial charge < -0.3 is 9.13 Å². The summed E-state index contributed by atoms with van der Waals surface area (Å²) in [6.07, 6.45) is 0. The maximum absolute atomic E-state index is 14.2. The monoisotopic (exact) mass is 576 g/mol. The molecule has 4 heteroatoms. The second-order valence-corrected chi connectivity index (χ2v) is 12.7. The molecular formula is C40H36N2O2. The number of pyridine rings is 2. The number of hydrogen-bond donors (Lipinski definition) is 0. The molecule has 4 nitrogen and oxygen atoms in total. The quantitative estimate of drug-likeness (QED) is 0.196. The number of rotatable bonds is 4. The fourth-order valence-corrected chi connectivity index (χ4v) is 6.47. The van der Waals surface area contributed by atoms with Gasteiger partial charge in [-0.2, -0.15) is 0 Å². The van der Waals surface area contributed by atoms with E-state index in [1.165, 1.54) is 11.1 Å². The fraction of sp³-hybridized carbons (Fsp3) is 0.200. The van der Waals surface area contributed by atoms with Gasteiger partial charge in [0.15, 0.2) is 10.9 Å². The van der Waals surface area contributed by atoms with Crippen molar-refractivity contribution in [3.8, 4) is 11.4 Å². The zero-order valence-electron chi connectivity index (χ0n) is 26.1. The summed E-state index contributed by atoms with van der Waals surface area (Å²) in [5.41, 5.74) is 9.58. The highest BCUT2D eigenvalue weighted by atomic mass is 16.1. The van der Waals surface area contributed by atoms with Gasteiger partial charge in [0.25, 0.3) is 0 Å². The van der Waals surface area contributed by atoms with E-state index in [-0.39, 0.29) is 10.9 Å². The van der Waals surface area contributed by atoms with Gasteiger partial charge in [-0.15, -0.1) is 0 Å². The van der Waals surface area contributed by atoms with Gasteiger partial charge in [-0.1, -0.05) is 64.1 Å². The molecule has 2 heterocycles. The molecule has 0 bridgehead atoms. The molecule has 44 heavy (non-hydrogen) atoms. The molecular weight excluding hydrogens is 540 g/mol. The molecule has 7 rings (SSSR count). The molecule has 2 aromatic heterocycles. The van der Waals surface area contributed by atoms with E-state index in [1.807, 2.05) is 50.2 Å². The third-order valence-electron chi connectivity index (χ3n) is 9.00. The standard InChI is InChI=1S/C40H36N2O2/c1-23(2)27-9-13-29(14-10-27)41-35-19-25(5)7-17-31(35)39(43)33-22-38-34(21-37(33)41)40(44)32-18-8-26(6)20-36(32)42(38)30-15-11-28(12-16-30)24(3)4/h7-24H,1-6H3. The Bertz CT molecular complexity index is 2200. The highest BCUT2D eigenvalue weighted by Gasteiger charge is 2.19. The number of benzene rings is 5. The first-order valence-electron chi connectivity index (χ1n) is 15.4. The summed E-state index contributed by atoms with van der Waals surface area (Å²) in [4.78, 5) is 28.5. The van der Waals surface area contributed by atoms with Crippen molar-refractivity contribution in [1.82, 2.24) is 9.13 Å². The second kappa shape index (κ2) is 10.3. The van der Waals surface area contributed by atoms with Gasteiger partial charge in [0.05, 0.1) is 22.1 Å². The molecule has 0 aliphatic rings. The Hall–Kier alpha value is -4.96. The van der Waals surface area contributed by atoms with Crippen molar-refractivity contribution in [1.29, 1.82) is 0 Å². The Balaban J connectivity index is 1.67. The van der Waals surface area contributed by atoms with E-state index in [1.54, 1.807) is 0 Å². The predicted octanol–water partition coefficient (Wildman–Crippen LogP) is 9.46. The highest BCUT2D eigenvalue weighted by molar-refractivity contribution is 6.05. The Morgan fingerprint density at radius 1 is 0.432 bits per heavy atom. The lowest BCUT2D eigenvalue weighted by Gasteiger charge is -2.20. The SMILES string of the molecule is Cc1ccc2c(=O)c3cc4c(cc3n(-c3ccc(C(C)C)cc3)c2c1)c(=O)c1ccc(C)cc1n4-c1ccc(C(C)C)cc1. The van der Waals surface area contributed by atoms with Gasteiger partial charge in [0.1, 0.15) is 0 Å². The number of hydrogen-bond acceptors (Lipinski definition) is 2. The highest BCUT2D eigenvalue weighted by Crippen LogP contribution is 2.32. The Morgan fingerprint density at radius 3 is 1.11 bits per heavy atom. The number of fused-ring (bicyclic) bond motifs is 4. The molecule has 0 fully saturated rings. The van der Waals surface area contributed by atoms with E-state index < -0.39 is 0 Å². The Kier molecular flexibility index (Phi) is 6.55. The molecule has 0 N–H and O–H groups in total. The minimum absolute atomic E-state index is 0.0366. The van der Waals surface area contributed by atoms with Crippen LogP contribution in [-0.4, -0.2) is 9.13 Å². The largest absolute Gasteiger partial charge is 0.309 e. The summed E-state index contributed by atoms with van der Waals surface area (Å²) in [6.45, 7) is 12.8. The van der Waals surface area contributed by atoms with Crippen LogP contribution in [0.5, 0.6) is 0 Å². The van der Waals surface area contributed by atoms with Gasteiger partial charge in [0.2, 0.25) is 0 Å². The second-order valence-electron chi connectivity index (χ2n) is 12.7. The van der Waals surface area contributed by atoms with Crippen molar-refractivity contribution < 1.29 is 0 Å². The molecule has 0 amide bonds. The van der Waals surface area contributed by atoms with E-state index in [4.69, 9.17) is 0 Å². The van der Waals surface area contributed by atoms with Crippen LogP contribution >= 0.6 is 0 Å². The van der Waals surface area contributed by atoms with Crippen LogP contribution in [0.1, 0.15) is 61.8 Å². The summed E-state index contributed by atoms with van der Waals surface area (Å²) >= 11 is 0. The van der Waals surface area contributed by atoms with E-state index in [0.29, 0.717) is 33.4 Å². The van der Waals surface area contributed by atoms with Gasteiger partial charge in [0, 0.05) is 32.9 Å². The Labute approximate surface area is 256 Å². The first-order valence-corrected chi connectivity index (χ1v) is 15.4. The summed E-state index contributed by atoms with van der Waals surface area (Å²) in [6, 6.07) is 32.9. The summed E-state index contributed by atoms with van der Waals surface area (Å²) in [5.74, 6) is 0.811. The van der Waals surface area contributed by atoms with E-state index in [9.17, 15) is 9.59 Å². The van der Waals surface area contributed by atoms with Crippen LogP contribution < -0.4 is 10.9 Å². The lowest BCUT2D eigenvalue weighted by atomic mass is 10.0. The van der Waals surface area contributed by atoms with Gasteiger partial charge in [-0.3, -0.25) is 9.59 Å². The predicted molar refractivity (Wildman–Crippen MR) is 185 cm³/mol. The normalized spacial score (nSPS) is 12.0. The van der Waals surface area contributed by atoms with Gasteiger partial charge >= 0.3 is 0 Å². The Morgan fingerprint density at radius 2 is 0.773 bits per heavy atom. The van der Waals surface area contributed by atoms with Crippen molar-refractivity contribution in [2.75, 3.05) is 0 Å². The molecule has 7 aromatic rings. The van der Waals surface area contributed by atoms with Crippen LogP contribution in [-0.2, 0) is 0 Å². The number of nitrogens with zero attached hydrogens (tertiary/aromatic N) is 2. The average Bonchev–Trinajstić information content (AvgIpc) is 3.01. The lowest BCUT2D eigenvalue weighted by Crippen LogP contribution is -2.15. The molecule has 0 radical (unpaired) electrons. The third kappa shape index (κ3) is 4.36. The molecule has 0 atom stereocenters. The maximum atomic E-state index is 14.2. The molecule has 0 saturated carbocycles. The molecule has 0 spiro atoms. The van der Waals surface area contributed by atoms with Crippen LogP contribution in [0.3, 0.4) is 0 Å². The molecule has 218 valence electrons. The minimum Gasteiger partial charge on any atom is -0.309 e. The number of aromatic nitrogens is 2. The molecule has 0 aliphatic carbocycles. The summed E-state index contributed by atoms with van der Waals surface area (Å²) in [5, 5.41) is 2.48. The topological polar surface area (TPSA) is 44.0 Å². The summed E-state index contributed by atoms with van der Waals surface area (Å²) < 4.78 is 4.28. The van der Waals surface area contributed by atoms with Gasteiger partial charge in [-0.05, 0) is 109 Å². The molecule has 5 aromatic carbocycles. The minimum atomic E-state index is -0.0366. The maximum Gasteiger partial charge on any atom is 0.197 e. The van der Waals surface area contributed by atoms with Crippen LogP contribution in [0.25, 0.3) is 55.0 Å². The summed E-state index contributed by atoms with van der Waals surface area (Å²) in [7, 11) is 0. The van der Waals surface area contributed by atoms with E-state index >= 15 is 0 Å². The van der Waals surface area contributed by atoms with Crippen molar-refractivity contribution in [2.45, 2.75) is 53.4 Å². The van der Waals surface area contributed by atoms with Crippen molar-refractivity contribution in [3.05, 3.63) is 140 Å². The first kappa shape index (κ1) is 27.8. The van der Waals surface area contributed by atoms with Crippen LogP contribution in [0.4, 0.5) is 0 Å². The van der Waals surface area contributed by atoms with Crippen LogP contribution in [0.2, 0.25) is 0 Å². The molecule has 0 aliphatic heterocycles. The van der Waals surface area contributed by atoms with Crippen molar-refractivity contribution in [3.63, 3.8) is 0 Å². The van der Waals surface area contributed by atoms with Crippen LogP contribution in [0.15, 0.2) is 107 Å². The first-order chi connectivity index (χ1) is 21.1. The van der Waals surface area contributed by atoms with Crippen LogP contribution in [0, 0.1) is 13.8 Å². The van der Waals surface area contributed by atoms with E-state index in [0.717, 1.165) is 44.6 Å². The molecule has 0 unspecified atom stereocenters. The van der Waals surface area contributed by atoms with Gasteiger partial charge in [-0.25, -0.2) is 0 Å². The smallest absolute Gasteiger partial charge is 0.197 e. The average molecular weight is 577 g/mol. The van der Waals surface area contributed by atoms with E-state index in [2.05, 4.69) is 97.5 Å². The van der Waals surface area contributed by atoms with Crippen molar-refractivity contribution in [2.24, 2.45) is 0 Å². The molecule has 0 saturated heterocycles. The van der Waals surface area contributed by atoms with Crippen molar-refractivity contribution >= 4 is 43.6 Å². The zero-order valence-corrected chi connectivity index (χ0v) is 26.1.